The van der Waals surface area contributed by atoms with Gasteiger partial charge in [-0.05, 0) is 42.2 Å². The lowest BCUT2D eigenvalue weighted by molar-refractivity contribution is -0.123. The molecule has 4 bridgehead atoms. The van der Waals surface area contributed by atoms with Crippen molar-refractivity contribution in [1.82, 2.24) is 30.4 Å². The fraction of sp³-hybridized carbons (Fsp3) is 0.387. The highest BCUT2D eigenvalue weighted by Gasteiger charge is 2.33. The van der Waals surface area contributed by atoms with E-state index in [2.05, 4.69) is 44.2 Å². The predicted molar refractivity (Wildman–Crippen MR) is 159 cm³/mol. The van der Waals surface area contributed by atoms with Crippen molar-refractivity contribution < 1.29 is 23.8 Å². The molecule has 12 heteroatoms. The minimum atomic E-state index is -0.346. The fourth-order valence-electron chi connectivity index (χ4n) is 5.35. The standard InChI is InChI=1S/C31H35N7O5/c1-19(2)16-41-23-10-21-11-24(12-23)43-22-6-4-5-20(9-22)17-42-27-14-38(30-25-13-34-36-29(25)32-18-33-30)8-7-26(27)35-28(39)15-37(3)31(21)40/h4-6,9-13,18-19,26-27H,7-8,14-17H2,1-3H3,(H,35,39)(H,32,33,34,36)/t26-,27-/m0/s1. The van der Waals surface area contributed by atoms with E-state index in [4.69, 9.17) is 14.2 Å². The van der Waals surface area contributed by atoms with Gasteiger partial charge < -0.3 is 29.3 Å². The van der Waals surface area contributed by atoms with Crippen LogP contribution in [0.4, 0.5) is 5.82 Å². The van der Waals surface area contributed by atoms with Crippen LogP contribution < -0.4 is 19.7 Å². The van der Waals surface area contributed by atoms with Crippen molar-refractivity contribution in [2.75, 3.05) is 38.2 Å². The minimum Gasteiger partial charge on any atom is -0.493 e. The molecule has 0 saturated carbocycles. The van der Waals surface area contributed by atoms with Crippen LogP contribution in [0.15, 0.2) is 55.0 Å². The molecule has 1 fully saturated rings. The normalized spacial score (nSPS) is 19.6. The Bertz CT molecular complexity index is 1620. The number of carbonyl (C=O) groups excluding carboxylic acids is 2. The summed E-state index contributed by atoms with van der Waals surface area (Å²) in [6.07, 6.45) is 3.50. The zero-order chi connectivity index (χ0) is 29.9. The van der Waals surface area contributed by atoms with Gasteiger partial charge in [-0.15, -0.1) is 0 Å². The third kappa shape index (κ3) is 6.54. The first-order chi connectivity index (χ1) is 20.8. The number of anilines is 1. The number of nitrogens with one attached hydrogen (secondary N) is 2. The SMILES string of the molecule is CC(C)COc1cc2cc(c1)C(=O)N(C)CC(=O)N[C@H]1CCN(c3ncnc4[nH]ncc34)C[C@@H]1OCc1cccc(c1)O2. The second-order valence-corrected chi connectivity index (χ2v) is 11.4. The second-order valence-electron chi connectivity index (χ2n) is 11.4. The highest BCUT2D eigenvalue weighted by atomic mass is 16.5. The molecule has 0 aliphatic carbocycles. The second kappa shape index (κ2) is 12.3. The zero-order valence-corrected chi connectivity index (χ0v) is 24.4. The van der Waals surface area contributed by atoms with Gasteiger partial charge in [-0.25, -0.2) is 9.97 Å². The first kappa shape index (κ1) is 28.4. The van der Waals surface area contributed by atoms with Crippen LogP contribution in [0, 0.1) is 5.92 Å². The van der Waals surface area contributed by atoms with Gasteiger partial charge in [0.2, 0.25) is 5.91 Å². The van der Waals surface area contributed by atoms with Gasteiger partial charge in [-0.3, -0.25) is 14.7 Å². The van der Waals surface area contributed by atoms with Gasteiger partial charge in [0.15, 0.2) is 5.65 Å². The fourth-order valence-corrected chi connectivity index (χ4v) is 5.35. The number of ether oxygens (including phenoxy) is 3. The number of benzene rings is 2. The summed E-state index contributed by atoms with van der Waals surface area (Å²) in [6.45, 7) is 5.95. The number of aromatic nitrogens is 4. The number of fused-ring (bicyclic) bond motifs is 6. The molecular formula is C31H35N7O5. The number of carbonyl (C=O) groups is 2. The highest BCUT2D eigenvalue weighted by Crippen LogP contribution is 2.30. The van der Waals surface area contributed by atoms with E-state index in [1.54, 1.807) is 31.4 Å². The number of piperidine rings is 1. The van der Waals surface area contributed by atoms with Gasteiger partial charge in [0, 0.05) is 31.8 Å². The summed E-state index contributed by atoms with van der Waals surface area (Å²) in [6, 6.07) is 12.5. The monoisotopic (exact) mass is 585 g/mol. The number of amides is 2. The van der Waals surface area contributed by atoms with Crippen LogP contribution in [-0.4, -0.2) is 82.3 Å². The van der Waals surface area contributed by atoms with Gasteiger partial charge in [0.25, 0.3) is 5.91 Å². The molecule has 2 N–H and O–H groups in total. The third-order valence-electron chi connectivity index (χ3n) is 7.47. The first-order valence-corrected chi connectivity index (χ1v) is 14.4. The van der Waals surface area contributed by atoms with Crippen LogP contribution in [0.2, 0.25) is 0 Å². The van der Waals surface area contributed by atoms with E-state index in [-0.39, 0.29) is 30.5 Å². The van der Waals surface area contributed by atoms with Crippen molar-refractivity contribution in [3.8, 4) is 17.2 Å². The van der Waals surface area contributed by atoms with E-state index < -0.39 is 0 Å². The van der Waals surface area contributed by atoms with Crippen LogP contribution in [0.3, 0.4) is 0 Å². The summed E-state index contributed by atoms with van der Waals surface area (Å²) >= 11 is 0. The predicted octanol–water partition coefficient (Wildman–Crippen LogP) is 3.55. The Morgan fingerprint density at radius 3 is 2.86 bits per heavy atom. The molecule has 12 nitrogen and oxygen atoms in total. The van der Waals surface area contributed by atoms with Gasteiger partial charge in [-0.1, -0.05) is 26.0 Å². The molecular weight excluding hydrogens is 550 g/mol. The number of H-pyrrole nitrogens is 1. The van der Waals surface area contributed by atoms with Gasteiger partial charge in [0.05, 0.1) is 43.5 Å². The van der Waals surface area contributed by atoms with Gasteiger partial charge in [0.1, 0.15) is 29.4 Å². The first-order valence-electron chi connectivity index (χ1n) is 14.4. The Morgan fingerprint density at radius 2 is 2.00 bits per heavy atom. The average molecular weight is 586 g/mol. The maximum Gasteiger partial charge on any atom is 0.254 e. The summed E-state index contributed by atoms with van der Waals surface area (Å²) < 4.78 is 18.6. The summed E-state index contributed by atoms with van der Waals surface area (Å²) in [5, 5.41) is 11.0. The number of hydrogen-bond acceptors (Lipinski definition) is 9. The molecule has 0 unspecified atom stereocenters. The topological polar surface area (TPSA) is 135 Å². The Labute approximate surface area is 249 Å². The summed E-state index contributed by atoms with van der Waals surface area (Å²) in [5.74, 6) is 2.09. The van der Waals surface area contributed by atoms with Crippen LogP contribution in [-0.2, 0) is 16.1 Å². The highest BCUT2D eigenvalue weighted by molar-refractivity contribution is 5.97. The minimum absolute atomic E-state index is 0.111. The van der Waals surface area contributed by atoms with Crippen LogP contribution in [0.1, 0.15) is 36.2 Å². The Morgan fingerprint density at radius 1 is 1.12 bits per heavy atom. The molecule has 4 heterocycles. The van der Waals surface area contributed by atoms with Crippen molar-refractivity contribution in [3.05, 3.63) is 66.1 Å². The maximum atomic E-state index is 13.5. The van der Waals surface area contributed by atoms with E-state index in [1.165, 1.54) is 11.2 Å². The molecule has 2 aliphatic heterocycles. The number of likely N-dealkylation sites (N-methyl/N-ethyl adjacent to an activating group) is 1. The van der Waals surface area contributed by atoms with E-state index >= 15 is 0 Å². The Hall–Kier alpha value is -4.71. The lowest BCUT2D eigenvalue weighted by Gasteiger charge is -2.39. The van der Waals surface area contributed by atoms with Crippen molar-refractivity contribution in [2.24, 2.45) is 5.92 Å². The summed E-state index contributed by atoms with van der Waals surface area (Å²) in [5.41, 5.74) is 1.95. The number of nitrogens with zero attached hydrogens (tertiary/aromatic N) is 5. The molecule has 0 spiro atoms. The molecule has 2 aromatic heterocycles. The lowest BCUT2D eigenvalue weighted by atomic mass is 10.0. The molecule has 2 aromatic carbocycles. The number of aromatic amines is 1. The zero-order valence-electron chi connectivity index (χ0n) is 24.4. The van der Waals surface area contributed by atoms with Crippen molar-refractivity contribution >= 4 is 28.7 Å². The smallest absolute Gasteiger partial charge is 0.254 e. The Balaban J connectivity index is 1.29. The van der Waals surface area contributed by atoms with E-state index in [0.717, 1.165) is 16.8 Å². The molecule has 6 rings (SSSR count). The van der Waals surface area contributed by atoms with Gasteiger partial charge >= 0.3 is 0 Å². The van der Waals surface area contributed by atoms with Crippen molar-refractivity contribution in [3.63, 3.8) is 0 Å². The van der Waals surface area contributed by atoms with E-state index in [9.17, 15) is 9.59 Å². The number of rotatable bonds is 4. The molecule has 43 heavy (non-hydrogen) atoms. The molecule has 1 saturated heterocycles. The molecule has 2 atom stereocenters. The molecule has 4 aromatic rings. The third-order valence-corrected chi connectivity index (χ3v) is 7.47. The van der Waals surface area contributed by atoms with Crippen LogP contribution in [0.5, 0.6) is 17.2 Å². The molecule has 2 aliphatic rings. The van der Waals surface area contributed by atoms with Crippen molar-refractivity contribution in [2.45, 2.75) is 39.0 Å². The van der Waals surface area contributed by atoms with Gasteiger partial charge in [-0.2, -0.15) is 5.10 Å². The molecule has 0 radical (unpaired) electrons. The Kier molecular flexibility index (Phi) is 8.10. The average Bonchev–Trinajstić information content (AvgIpc) is 3.48. The van der Waals surface area contributed by atoms with Crippen LogP contribution in [0.25, 0.3) is 11.0 Å². The lowest BCUT2D eigenvalue weighted by Crippen LogP contribution is -2.56. The summed E-state index contributed by atoms with van der Waals surface area (Å²) in [4.78, 5) is 39.0. The molecule has 2 amide bonds. The molecule has 224 valence electrons. The largest absolute Gasteiger partial charge is 0.493 e. The quantitative estimate of drug-likeness (QED) is 0.369. The summed E-state index contributed by atoms with van der Waals surface area (Å²) in [7, 11) is 1.61. The maximum absolute atomic E-state index is 13.5. The van der Waals surface area contributed by atoms with E-state index in [1.807, 2.05) is 24.3 Å². The van der Waals surface area contributed by atoms with Crippen LogP contribution >= 0.6 is 0 Å². The van der Waals surface area contributed by atoms with Crippen molar-refractivity contribution in [1.29, 1.82) is 0 Å². The number of hydrogen-bond donors (Lipinski definition) is 2. The van der Waals surface area contributed by atoms with E-state index in [0.29, 0.717) is 67.1 Å².